The fourth-order valence-corrected chi connectivity index (χ4v) is 10.4. The Bertz CT molecular complexity index is 1730. The van der Waals surface area contributed by atoms with Crippen molar-refractivity contribution in [3.8, 4) is 11.3 Å². The Labute approximate surface area is 231 Å². The predicted molar refractivity (Wildman–Crippen MR) is 153 cm³/mol. The molecule has 0 spiro atoms. The van der Waals surface area contributed by atoms with E-state index < -0.39 is 42.5 Å². The molecule has 200 valence electrons. The van der Waals surface area contributed by atoms with Gasteiger partial charge in [0.2, 0.25) is 10.0 Å². The van der Waals surface area contributed by atoms with Crippen LogP contribution in [-0.2, 0) is 25.5 Å². The lowest BCUT2D eigenvalue weighted by Gasteiger charge is -2.21. The molecule has 1 aliphatic rings. The lowest BCUT2D eigenvalue weighted by atomic mass is 9.97. The number of sulfone groups is 1. The zero-order chi connectivity index (χ0) is 27.3. The minimum Gasteiger partial charge on any atom is -0.386 e. The van der Waals surface area contributed by atoms with Gasteiger partial charge in [0.1, 0.15) is 0 Å². The average Bonchev–Trinajstić information content (AvgIpc) is 3.46. The summed E-state index contributed by atoms with van der Waals surface area (Å²) in [4.78, 5) is 5.24. The number of thiophene rings is 1. The smallest absolute Gasteiger partial charge is 0.216 e. The molecule has 3 heterocycles. The van der Waals surface area contributed by atoms with Crippen molar-refractivity contribution >= 4 is 52.9 Å². The van der Waals surface area contributed by atoms with Gasteiger partial charge in [-0.15, -0.1) is 11.3 Å². The number of hydrogen-bond acceptors (Lipinski definition) is 7. The number of nitrogens with one attached hydrogen (secondary N) is 1. The topological polar surface area (TPSA) is 113 Å². The number of sulfonamides is 1. The standard InChI is InChI=1S/C27H27ClN2O5S3/c1-27(2,31)18-10-12-29-23(15-18)21-8-5-6-17-14-24(36-26(17)21)25(20-7-3-4-9-22(20)28)30-38(34,35)19-11-13-37(32,33)16-19/h3-10,12,14-15,19,25,30-31H,11,13,16H2,1-2H3/t19-,25-/m1/s1. The second-order valence-corrected chi connectivity index (χ2v) is 15.7. The van der Waals surface area contributed by atoms with Crippen LogP contribution in [0, 0.1) is 0 Å². The molecule has 4 aromatic rings. The zero-order valence-electron chi connectivity index (χ0n) is 20.8. The normalized spacial score (nSPS) is 18.6. The van der Waals surface area contributed by atoms with Crippen molar-refractivity contribution in [3.63, 3.8) is 0 Å². The van der Waals surface area contributed by atoms with Crippen molar-refractivity contribution < 1.29 is 21.9 Å². The molecule has 1 saturated heterocycles. The highest BCUT2D eigenvalue weighted by atomic mass is 35.5. The molecular formula is C27H27ClN2O5S3. The minimum atomic E-state index is -3.99. The Morgan fingerprint density at radius 3 is 2.58 bits per heavy atom. The lowest BCUT2D eigenvalue weighted by Crippen LogP contribution is -2.37. The summed E-state index contributed by atoms with van der Waals surface area (Å²) in [7, 11) is -7.38. The number of aromatic nitrogens is 1. The summed E-state index contributed by atoms with van der Waals surface area (Å²) in [6.45, 7) is 3.43. The number of fused-ring (bicyclic) bond motifs is 1. The van der Waals surface area contributed by atoms with Crippen molar-refractivity contribution in [2.75, 3.05) is 11.5 Å². The Balaban J connectivity index is 1.61. The van der Waals surface area contributed by atoms with Gasteiger partial charge in [0, 0.05) is 26.4 Å². The van der Waals surface area contributed by atoms with E-state index in [-0.39, 0.29) is 12.2 Å². The van der Waals surface area contributed by atoms with Gasteiger partial charge in [0.25, 0.3) is 0 Å². The highest BCUT2D eigenvalue weighted by Gasteiger charge is 2.39. The maximum Gasteiger partial charge on any atom is 0.216 e. The number of hydrogen-bond donors (Lipinski definition) is 2. The first-order chi connectivity index (χ1) is 17.8. The van der Waals surface area contributed by atoms with E-state index in [2.05, 4.69) is 9.71 Å². The van der Waals surface area contributed by atoms with Crippen LogP contribution < -0.4 is 4.72 Å². The summed E-state index contributed by atoms with van der Waals surface area (Å²) in [5.41, 5.74) is 1.81. The largest absolute Gasteiger partial charge is 0.386 e. The molecule has 2 aromatic heterocycles. The molecule has 38 heavy (non-hydrogen) atoms. The van der Waals surface area contributed by atoms with Crippen molar-refractivity contribution in [1.29, 1.82) is 0 Å². The van der Waals surface area contributed by atoms with Crippen LogP contribution in [0.25, 0.3) is 21.3 Å². The molecule has 0 amide bonds. The van der Waals surface area contributed by atoms with E-state index >= 15 is 0 Å². The van der Waals surface area contributed by atoms with Crippen LogP contribution in [-0.4, -0.2) is 43.7 Å². The fraction of sp³-hybridized carbons (Fsp3) is 0.296. The maximum absolute atomic E-state index is 13.4. The third-order valence-electron chi connectivity index (χ3n) is 6.72. The van der Waals surface area contributed by atoms with Gasteiger partial charge in [-0.1, -0.05) is 48.0 Å². The van der Waals surface area contributed by atoms with Gasteiger partial charge in [-0.3, -0.25) is 4.98 Å². The number of nitrogens with zero attached hydrogens (tertiary/aromatic N) is 1. The van der Waals surface area contributed by atoms with Crippen LogP contribution >= 0.6 is 22.9 Å². The van der Waals surface area contributed by atoms with Crippen LogP contribution in [0.2, 0.25) is 5.02 Å². The van der Waals surface area contributed by atoms with E-state index in [9.17, 15) is 21.9 Å². The average molecular weight is 591 g/mol. The third kappa shape index (κ3) is 5.52. The van der Waals surface area contributed by atoms with Crippen molar-refractivity contribution in [2.24, 2.45) is 0 Å². The first kappa shape index (κ1) is 27.2. The molecule has 1 fully saturated rings. The summed E-state index contributed by atoms with van der Waals surface area (Å²) < 4.78 is 54.5. The van der Waals surface area contributed by atoms with Crippen molar-refractivity contribution in [3.05, 3.63) is 87.9 Å². The second kappa shape index (κ2) is 10.0. The Hall–Kier alpha value is -2.34. The minimum absolute atomic E-state index is 0.0622. The van der Waals surface area contributed by atoms with Crippen molar-refractivity contribution in [1.82, 2.24) is 9.71 Å². The van der Waals surface area contributed by atoms with Crippen molar-refractivity contribution in [2.45, 2.75) is 37.2 Å². The first-order valence-corrected chi connectivity index (χ1v) is 16.6. The van der Waals surface area contributed by atoms with E-state index in [1.807, 2.05) is 30.3 Å². The predicted octanol–water partition coefficient (Wildman–Crippen LogP) is 5.04. The summed E-state index contributed by atoms with van der Waals surface area (Å²) >= 11 is 7.95. The van der Waals surface area contributed by atoms with Gasteiger partial charge in [-0.25, -0.2) is 21.6 Å². The molecule has 0 unspecified atom stereocenters. The number of aliphatic hydroxyl groups is 1. The molecular weight excluding hydrogens is 564 g/mol. The molecule has 2 N–H and O–H groups in total. The highest BCUT2D eigenvalue weighted by Crippen LogP contribution is 2.40. The third-order valence-corrected chi connectivity index (χ3v) is 12.1. The van der Waals surface area contributed by atoms with Crippen LogP contribution in [0.1, 0.15) is 42.3 Å². The van der Waals surface area contributed by atoms with Gasteiger partial charge < -0.3 is 5.11 Å². The number of rotatable bonds is 7. The fourth-order valence-electron chi connectivity index (χ4n) is 4.64. The van der Waals surface area contributed by atoms with Gasteiger partial charge in [-0.2, -0.15) is 0 Å². The van der Waals surface area contributed by atoms with E-state index in [0.717, 1.165) is 21.2 Å². The van der Waals surface area contributed by atoms with E-state index in [4.69, 9.17) is 11.6 Å². The molecule has 0 saturated carbocycles. The number of benzene rings is 2. The lowest BCUT2D eigenvalue weighted by molar-refractivity contribution is 0.0785. The quantitative estimate of drug-likeness (QED) is 0.312. The molecule has 7 nitrogen and oxygen atoms in total. The SMILES string of the molecule is CC(C)(O)c1ccnc(-c2cccc3cc([C@H](NS(=O)(=O)[C@@H]4CCS(=O)(=O)C4)c4ccccc4Cl)sc23)c1. The Kier molecular flexibility index (Phi) is 7.17. The molecule has 11 heteroatoms. The van der Waals surface area contributed by atoms with Gasteiger partial charge in [0.05, 0.1) is 34.1 Å². The monoisotopic (exact) mass is 590 g/mol. The Morgan fingerprint density at radius 1 is 1.13 bits per heavy atom. The van der Waals surface area contributed by atoms with E-state index in [1.54, 1.807) is 50.4 Å². The summed E-state index contributed by atoms with van der Waals surface area (Å²) in [5.74, 6) is -0.532. The molecule has 0 bridgehead atoms. The molecule has 0 aliphatic carbocycles. The summed E-state index contributed by atoms with van der Waals surface area (Å²) in [6.07, 6.45) is 1.72. The molecule has 2 aromatic carbocycles. The van der Waals surface area contributed by atoms with Crippen LogP contribution in [0.5, 0.6) is 0 Å². The molecule has 0 radical (unpaired) electrons. The van der Waals surface area contributed by atoms with Gasteiger partial charge in [-0.05, 0) is 61.0 Å². The molecule has 1 aliphatic heterocycles. The Morgan fingerprint density at radius 2 is 1.89 bits per heavy atom. The van der Waals surface area contributed by atoms with E-state index in [0.29, 0.717) is 21.2 Å². The highest BCUT2D eigenvalue weighted by molar-refractivity contribution is 7.95. The van der Waals surface area contributed by atoms with Gasteiger partial charge in [0.15, 0.2) is 9.84 Å². The second-order valence-electron chi connectivity index (χ2n) is 10.0. The maximum atomic E-state index is 13.4. The number of pyridine rings is 1. The molecule has 2 atom stereocenters. The van der Waals surface area contributed by atoms with Crippen LogP contribution in [0.15, 0.2) is 66.9 Å². The number of halogens is 1. The zero-order valence-corrected chi connectivity index (χ0v) is 24.0. The van der Waals surface area contributed by atoms with Gasteiger partial charge >= 0.3 is 0 Å². The van der Waals surface area contributed by atoms with Crippen LogP contribution in [0.4, 0.5) is 0 Å². The summed E-state index contributed by atoms with van der Waals surface area (Å²) in [5, 5.41) is 10.8. The summed E-state index contributed by atoms with van der Waals surface area (Å²) in [6, 6.07) is 17.5. The van der Waals surface area contributed by atoms with Crippen LogP contribution in [0.3, 0.4) is 0 Å². The first-order valence-electron chi connectivity index (χ1n) is 12.0. The molecule has 5 rings (SSSR count). The van der Waals surface area contributed by atoms with E-state index in [1.165, 1.54) is 11.3 Å².